The van der Waals surface area contributed by atoms with E-state index in [2.05, 4.69) is 15.3 Å². The summed E-state index contributed by atoms with van der Waals surface area (Å²) in [6.07, 6.45) is -0.204. The molecular weight excluding hydrogens is 420 g/mol. The molecule has 2 atom stereocenters. The third kappa shape index (κ3) is 3.47. The molecule has 0 radical (unpaired) electrons. The maximum absolute atomic E-state index is 13.0. The Morgan fingerprint density at radius 1 is 1.09 bits per heavy atom. The topological polar surface area (TPSA) is 180 Å². The summed E-state index contributed by atoms with van der Waals surface area (Å²) in [5.41, 5.74) is 4.39. The molecule has 0 saturated carbocycles. The number of carboxylic acid groups (broad SMARTS) is 1. The third-order valence-corrected chi connectivity index (χ3v) is 5.49. The molecule has 4 aromatic rings. The average molecular weight is 438 g/mol. The highest BCUT2D eigenvalue weighted by Gasteiger charge is 2.29. The van der Waals surface area contributed by atoms with Gasteiger partial charge < -0.3 is 25.6 Å². The van der Waals surface area contributed by atoms with Crippen molar-refractivity contribution in [3.63, 3.8) is 0 Å². The molecule has 164 valence electrons. The Morgan fingerprint density at radius 3 is 2.31 bits per heavy atom. The minimum absolute atomic E-state index is 0.0167. The van der Waals surface area contributed by atoms with Crippen LogP contribution in [0.25, 0.3) is 21.5 Å². The van der Waals surface area contributed by atoms with Gasteiger partial charge in [0, 0.05) is 39.2 Å². The van der Waals surface area contributed by atoms with Crippen molar-refractivity contribution in [2.45, 2.75) is 12.2 Å². The van der Waals surface area contributed by atoms with Crippen molar-refractivity contribution < 1.29 is 24.2 Å². The number of aromatic carboxylic acids is 1. The number of hydrogen-bond donors (Lipinski definition) is 4. The SMILES string of the molecule is NC(=NCC1CO1)c1c(C(=O)O)cc(C(=O)NCC2CO2)c2c3ccc(c(=O)[nH]c3=O)c12. The van der Waals surface area contributed by atoms with Crippen LogP contribution in [0.5, 0.6) is 0 Å². The van der Waals surface area contributed by atoms with Gasteiger partial charge in [0.15, 0.2) is 0 Å². The first-order valence-corrected chi connectivity index (χ1v) is 9.89. The molecule has 2 aromatic heterocycles. The molecule has 2 unspecified atom stereocenters. The largest absolute Gasteiger partial charge is 0.478 e. The Bertz CT molecular complexity index is 1420. The van der Waals surface area contributed by atoms with E-state index in [-0.39, 0.29) is 69.4 Å². The maximum atomic E-state index is 13.0. The fourth-order valence-electron chi connectivity index (χ4n) is 3.74. The van der Waals surface area contributed by atoms with E-state index in [0.29, 0.717) is 13.2 Å². The van der Waals surface area contributed by atoms with Crippen molar-refractivity contribution in [1.29, 1.82) is 0 Å². The van der Waals surface area contributed by atoms with Crippen molar-refractivity contribution in [3.8, 4) is 0 Å². The zero-order valence-corrected chi connectivity index (χ0v) is 16.6. The number of carbonyl (C=O) groups is 2. The lowest BCUT2D eigenvalue weighted by Crippen LogP contribution is -2.29. The van der Waals surface area contributed by atoms with E-state index in [1.165, 1.54) is 12.1 Å². The van der Waals surface area contributed by atoms with Crippen molar-refractivity contribution in [1.82, 2.24) is 10.3 Å². The number of aromatic amines is 1. The van der Waals surface area contributed by atoms with Gasteiger partial charge in [-0.25, -0.2) is 4.79 Å². The van der Waals surface area contributed by atoms with Crippen LogP contribution in [0.4, 0.5) is 0 Å². The van der Waals surface area contributed by atoms with Crippen LogP contribution in [0.2, 0.25) is 0 Å². The summed E-state index contributed by atoms with van der Waals surface area (Å²) in [6, 6.07) is 3.99. The number of H-pyrrole nitrogens is 1. The van der Waals surface area contributed by atoms with E-state index >= 15 is 0 Å². The second-order valence-corrected chi connectivity index (χ2v) is 7.69. The van der Waals surface area contributed by atoms with E-state index in [9.17, 15) is 24.3 Å². The number of nitrogens with two attached hydrogens (primary N) is 1. The van der Waals surface area contributed by atoms with Gasteiger partial charge in [-0.1, -0.05) is 0 Å². The smallest absolute Gasteiger partial charge is 0.336 e. The minimum atomic E-state index is -1.36. The number of hydrogen-bond acceptors (Lipinski definition) is 7. The summed E-state index contributed by atoms with van der Waals surface area (Å²) in [5, 5.41) is 12.9. The van der Waals surface area contributed by atoms with Crippen LogP contribution in [0, 0.1) is 0 Å². The summed E-state index contributed by atoms with van der Waals surface area (Å²) < 4.78 is 10.2. The standard InChI is InChI=1S/C21H18N4O7/c22-17(23-4-8-6-31-8)16-13(21(29)30)3-12(18(26)24-5-9-7-32-9)14-10-1-2-11(15(14)16)20(28)25-19(10)27/h1-3,8-9H,4-7H2,(H2,22,23)(H,24,26)(H,29,30)(H,25,27,28). The van der Waals surface area contributed by atoms with Gasteiger partial charge >= 0.3 is 5.97 Å². The summed E-state index contributed by atoms with van der Waals surface area (Å²) >= 11 is 0. The van der Waals surface area contributed by atoms with E-state index in [4.69, 9.17) is 15.2 Å². The molecule has 2 fully saturated rings. The average Bonchev–Trinajstić information content (AvgIpc) is 3.66. The molecule has 1 amide bonds. The zero-order valence-electron chi connectivity index (χ0n) is 16.6. The predicted molar refractivity (Wildman–Crippen MR) is 114 cm³/mol. The van der Waals surface area contributed by atoms with Crippen LogP contribution in [0.15, 0.2) is 32.8 Å². The zero-order chi connectivity index (χ0) is 22.6. The first-order valence-electron chi connectivity index (χ1n) is 9.89. The summed E-state index contributed by atoms with van der Waals surface area (Å²) in [7, 11) is 0. The van der Waals surface area contributed by atoms with E-state index in [0.717, 1.165) is 6.07 Å². The number of amidine groups is 1. The Kier molecular flexibility index (Phi) is 4.64. The molecule has 2 bridgehead atoms. The van der Waals surface area contributed by atoms with Gasteiger partial charge in [0.25, 0.3) is 17.0 Å². The quantitative estimate of drug-likeness (QED) is 0.215. The predicted octanol–water partition coefficient (Wildman–Crippen LogP) is -0.590. The number of benzene rings is 2. The molecule has 2 aliphatic heterocycles. The number of rotatable bonds is 7. The second-order valence-electron chi connectivity index (χ2n) is 7.69. The van der Waals surface area contributed by atoms with E-state index < -0.39 is 23.0 Å². The number of fused-ring (bicyclic) bond motifs is 3. The number of ether oxygens (including phenoxy) is 2. The first-order chi connectivity index (χ1) is 15.3. The Labute approximate surface area is 179 Å². The second kappa shape index (κ2) is 7.39. The molecule has 2 saturated heterocycles. The molecule has 0 aliphatic carbocycles. The molecular formula is C21H18N4O7. The molecule has 2 aromatic carbocycles. The number of aromatic nitrogens is 1. The monoisotopic (exact) mass is 438 g/mol. The highest BCUT2D eigenvalue weighted by atomic mass is 16.6. The van der Waals surface area contributed by atoms with Gasteiger partial charge in [0.05, 0.1) is 31.4 Å². The number of nitrogens with one attached hydrogen (secondary N) is 2. The number of amides is 1. The third-order valence-electron chi connectivity index (χ3n) is 5.49. The van der Waals surface area contributed by atoms with Crippen LogP contribution in [-0.2, 0) is 9.47 Å². The highest BCUT2D eigenvalue weighted by molar-refractivity contribution is 6.27. The maximum Gasteiger partial charge on any atom is 0.336 e. The minimum Gasteiger partial charge on any atom is -0.478 e. The Balaban J connectivity index is 1.85. The van der Waals surface area contributed by atoms with Gasteiger partial charge in [-0.2, -0.15) is 0 Å². The van der Waals surface area contributed by atoms with Crippen LogP contribution < -0.4 is 22.2 Å². The molecule has 4 heterocycles. The van der Waals surface area contributed by atoms with Gasteiger partial charge in [-0.15, -0.1) is 0 Å². The van der Waals surface area contributed by atoms with Gasteiger partial charge in [-0.05, 0) is 18.2 Å². The van der Waals surface area contributed by atoms with E-state index in [1.807, 2.05) is 0 Å². The number of aliphatic imine (C=N–C) groups is 1. The summed E-state index contributed by atoms with van der Waals surface area (Å²) in [4.78, 5) is 57.0. The molecule has 32 heavy (non-hydrogen) atoms. The fourth-order valence-corrected chi connectivity index (χ4v) is 3.74. The number of carbonyl (C=O) groups excluding carboxylic acids is 1. The van der Waals surface area contributed by atoms with Crippen molar-refractivity contribution in [3.05, 3.63) is 55.6 Å². The lowest BCUT2D eigenvalue weighted by Gasteiger charge is -2.15. The Morgan fingerprint density at radius 2 is 1.72 bits per heavy atom. The molecule has 6 rings (SSSR count). The first kappa shape index (κ1) is 20.1. The van der Waals surface area contributed by atoms with Gasteiger partial charge in [0.1, 0.15) is 11.9 Å². The van der Waals surface area contributed by atoms with Crippen molar-refractivity contribution in [2.75, 3.05) is 26.3 Å². The Hall–Kier alpha value is -3.83. The van der Waals surface area contributed by atoms with Crippen molar-refractivity contribution >= 4 is 39.3 Å². The summed E-state index contributed by atoms with van der Waals surface area (Å²) in [5.74, 6) is -2.08. The molecule has 11 heteroatoms. The highest BCUT2D eigenvalue weighted by Crippen LogP contribution is 2.32. The van der Waals surface area contributed by atoms with Crippen LogP contribution in [0.1, 0.15) is 26.3 Å². The molecule has 2 aliphatic rings. The molecule has 0 spiro atoms. The lowest BCUT2D eigenvalue weighted by molar-refractivity contribution is 0.0697. The fraction of sp³-hybridized carbons (Fsp3) is 0.286. The number of epoxide rings is 2. The van der Waals surface area contributed by atoms with Gasteiger partial charge in [0.2, 0.25) is 0 Å². The van der Waals surface area contributed by atoms with Crippen LogP contribution in [0.3, 0.4) is 0 Å². The van der Waals surface area contributed by atoms with E-state index in [1.54, 1.807) is 0 Å². The van der Waals surface area contributed by atoms with Gasteiger partial charge in [-0.3, -0.25) is 24.4 Å². The summed E-state index contributed by atoms with van der Waals surface area (Å²) in [6.45, 7) is 1.50. The molecule has 5 N–H and O–H groups in total. The van der Waals surface area contributed by atoms with Crippen molar-refractivity contribution in [2.24, 2.45) is 10.7 Å². The normalized spacial score (nSPS) is 19.9. The van der Waals surface area contributed by atoms with Crippen LogP contribution >= 0.6 is 0 Å². The lowest BCUT2D eigenvalue weighted by atomic mass is 9.90. The molecule has 11 nitrogen and oxygen atoms in total. The number of carboxylic acids is 1. The van der Waals surface area contributed by atoms with Crippen LogP contribution in [-0.4, -0.2) is 66.3 Å². The number of nitrogens with zero attached hydrogens (tertiary/aromatic N) is 1.